The van der Waals surface area contributed by atoms with Gasteiger partial charge in [-0.25, -0.2) is 0 Å². The third-order valence-corrected chi connectivity index (χ3v) is 3.61. The van der Waals surface area contributed by atoms with Crippen molar-refractivity contribution < 1.29 is 14.4 Å². The molecule has 2 heterocycles. The quantitative estimate of drug-likeness (QED) is 0.602. The van der Waals surface area contributed by atoms with Crippen molar-refractivity contribution >= 4 is 17.7 Å². The minimum Gasteiger partial charge on any atom is -0.370 e. The Morgan fingerprint density at radius 1 is 1.50 bits per heavy atom. The molecule has 7 nitrogen and oxygen atoms in total. The number of nitrogens with one attached hydrogen (secondary N) is 1. The second-order valence-corrected chi connectivity index (χ2v) is 5.09. The molecule has 0 saturated carbocycles. The number of rotatable bonds is 3. The van der Waals surface area contributed by atoms with Crippen LogP contribution in [-0.4, -0.2) is 66.3 Å². The van der Waals surface area contributed by atoms with Crippen LogP contribution in [0.5, 0.6) is 0 Å². The lowest BCUT2D eigenvalue weighted by molar-refractivity contribution is -0.148. The standard InChI is InChI=1S/C11H18N4O3/c1-14(2)6-3-8-10(17)13-7(4-9(12)16)11(18)15(8)5-6/h6-8H,3-5H2,1-2H3,(H2,12,16)(H,13,17)/t6-,7+,8+/m1/s1. The second-order valence-electron chi connectivity index (χ2n) is 5.09. The SMILES string of the molecule is CN(C)[C@@H]1C[C@H]2C(=O)N[C@@H](CC(N)=O)C(=O)N2C1. The van der Waals surface area contributed by atoms with E-state index in [4.69, 9.17) is 5.73 Å². The zero-order valence-electron chi connectivity index (χ0n) is 10.5. The van der Waals surface area contributed by atoms with E-state index in [-0.39, 0.29) is 24.3 Å². The molecule has 2 rings (SSSR count). The van der Waals surface area contributed by atoms with E-state index in [2.05, 4.69) is 5.32 Å². The number of hydrogen-bond donors (Lipinski definition) is 2. The Morgan fingerprint density at radius 3 is 2.72 bits per heavy atom. The monoisotopic (exact) mass is 254 g/mol. The third-order valence-electron chi connectivity index (χ3n) is 3.61. The van der Waals surface area contributed by atoms with Gasteiger partial charge in [0.15, 0.2) is 0 Å². The molecule has 0 aromatic rings. The Hall–Kier alpha value is -1.63. The van der Waals surface area contributed by atoms with Crippen molar-refractivity contribution in [3.05, 3.63) is 0 Å². The summed E-state index contributed by atoms with van der Waals surface area (Å²) in [6.07, 6.45) is 0.494. The van der Waals surface area contributed by atoms with E-state index in [1.807, 2.05) is 19.0 Å². The molecular formula is C11H18N4O3. The van der Waals surface area contributed by atoms with Gasteiger partial charge in [-0.3, -0.25) is 14.4 Å². The topological polar surface area (TPSA) is 95.7 Å². The molecule has 0 aromatic heterocycles. The zero-order chi connectivity index (χ0) is 13.4. The Kier molecular flexibility index (Phi) is 3.25. The fraction of sp³-hybridized carbons (Fsp3) is 0.727. The molecule has 100 valence electrons. The minimum atomic E-state index is -0.799. The van der Waals surface area contributed by atoms with Crippen LogP contribution in [0.3, 0.4) is 0 Å². The highest BCUT2D eigenvalue weighted by molar-refractivity contribution is 5.99. The molecule has 3 N–H and O–H groups in total. The van der Waals surface area contributed by atoms with Gasteiger partial charge < -0.3 is 20.9 Å². The number of carbonyl (C=O) groups excluding carboxylic acids is 3. The van der Waals surface area contributed by atoms with Crippen molar-refractivity contribution in [1.29, 1.82) is 0 Å². The van der Waals surface area contributed by atoms with Crippen molar-refractivity contribution in [2.75, 3.05) is 20.6 Å². The van der Waals surface area contributed by atoms with Gasteiger partial charge in [-0.05, 0) is 20.5 Å². The molecule has 0 unspecified atom stereocenters. The highest BCUT2D eigenvalue weighted by Gasteiger charge is 2.47. The van der Waals surface area contributed by atoms with Gasteiger partial charge >= 0.3 is 0 Å². The van der Waals surface area contributed by atoms with Crippen LogP contribution >= 0.6 is 0 Å². The molecule has 0 radical (unpaired) electrons. The number of hydrogen-bond acceptors (Lipinski definition) is 4. The highest BCUT2D eigenvalue weighted by Crippen LogP contribution is 2.25. The van der Waals surface area contributed by atoms with Gasteiger partial charge in [-0.1, -0.05) is 0 Å². The van der Waals surface area contributed by atoms with E-state index in [1.54, 1.807) is 4.90 Å². The Bertz CT molecular complexity index is 396. The molecule has 3 atom stereocenters. The number of carbonyl (C=O) groups is 3. The van der Waals surface area contributed by atoms with Crippen molar-refractivity contribution in [1.82, 2.24) is 15.1 Å². The predicted molar refractivity (Wildman–Crippen MR) is 63.3 cm³/mol. The number of primary amides is 1. The fourth-order valence-corrected chi connectivity index (χ4v) is 2.55. The molecule has 0 spiro atoms. The molecule has 0 aliphatic carbocycles. The molecule has 0 bridgehead atoms. The maximum absolute atomic E-state index is 12.1. The molecule has 2 aliphatic rings. The van der Waals surface area contributed by atoms with Crippen LogP contribution in [0.1, 0.15) is 12.8 Å². The van der Waals surface area contributed by atoms with E-state index >= 15 is 0 Å². The van der Waals surface area contributed by atoms with Crippen LogP contribution in [-0.2, 0) is 14.4 Å². The second kappa shape index (κ2) is 4.56. The summed E-state index contributed by atoms with van der Waals surface area (Å²) in [5.41, 5.74) is 5.07. The van der Waals surface area contributed by atoms with Crippen LogP contribution in [0.25, 0.3) is 0 Å². The van der Waals surface area contributed by atoms with E-state index in [0.29, 0.717) is 13.0 Å². The molecular weight excluding hydrogens is 236 g/mol. The van der Waals surface area contributed by atoms with E-state index in [9.17, 15) is 14.4 Å². The first-order valence-corrected chi connectivity index (χ1v) is 5.95. The van der Waals surface area contributed by atoms with Crippen LogP contribution in [0.15, 0.2) is 0 Å². The van der Waals surface area contributed by atoms with Crippen LogP contribution in [0.2, 0.25) is 0 Å². The van der Waals surface area contributed by atoms with E-state index in [0.717, 1.165) is 0 Å². The number of nitrogens with two attached hydrogens (primary N) is 1. The number of amides is 3. The zero-order valence-corrected chi connectivity index (χ0v) is 10.5. The van der Waals surface area contributed by atoms with Gasteiger partial charge in [-0.15, -0.1) is 0 Å². The van der Waals surface area contributed by atoms with E-state index < -0.39 is 18.0 Å². The van der Waals surface area contributed by atoms with Gasteiger partial charge in [0, 0.05) is 12.6 Å². The summed E-state index contributed by atoms with van der Waals surface area (Å²) in [5.74, 6) is -0.983. The van der Waals surface area contributed by atoms with Crippen LogP contribution in [0, 0.1) is 0 Å². The molecule has 0 aromatic carbocycles. The maximum atomic E-state index is 12.1. The minimum absolute atomic E-state index is 0.138. The van der Waals surface area contributed by atoms with Crippen molar-refractivity contribution in [3.63, 3.8) is 0 Å². The maximum Gasteiger partial charge on any atom is 0.246 e. The lowest BCUT2D eigenvalue weighted by atomic mass is 10.1. The summed E-state index contributed by atoms with van der Waals surface area (Å²) in [7, 11) is 3.85. The number of piperazine rings is 1. The van der Waals surface area contributed by atoms with E-state index in [1.165, 1.54) is 0 Å². The summed E-state index contributed by atoms with van der Waals surface area (Å²) in [5, 5.41) is 2.58. The molecule has 3 amide bonds. The first kappa shape index (κ1) is 12.8. The largest absolute Gasteiger partial charge is 0.370 e. The van der Waals surface area contributed by atoms with Crippen LogP contribution in [0.4, 0.5) is 0 Å². The summed E-state index contributed by atoms with van der Waals surface area (Å²) in [6.45, 7) is 0.527. The fourth-order valence-electron chi connectivity index (χ4n) is 2.55. The molecule has 18 heavy (non-hydrogen) atoms. The van der Waals surface area contributed by atoms with Crippen molar-refractivity contribution in [2.45, 2.75) is 31.0 Å². The molecule has 2 aliphatic heterocycles. The Balaban J connectivity index is 2.13. The summed E-state index contributed by atoms with van der Waals surface area (Å²) >= 11 is 0. The van der Waals surface area contributed by atoms with Gasteiger partial charge in [0.05, 0.1) is 6.42 Å². The van der Waals surface area contributed by atoms with Gasteiger partial charge in [0.25, 0.3) is 0 Å². The first-order valence-electron chi connectivity index (χ1n) is 5.95. The molecule has 2 saturated heterocycles. The molecule has 7 heteroatoms. The highest BCUT2D eigenvalue weighted by atomic mass is 16.2. The summed E-state index contributed by atoms with van der Waals surface area (Å²) in [4.78, 5) is 38.5. The number of nitrogens with zero attached hydrogens (tertiary/aromatic N) is 2. The Morgan fingerprint density at radius 2 is 2.17 bits per heavy atom. The smallest absolute Gasteiger partial charge is 0.246 e. The van der Waals surface area contributed by atoms with Crippen LogP contribution < -0.4 is 11.1 Å². The average molecular weight is 254 g/mol. The summed E-state index contributed by atoms with van der Waals surface area (Å²) in [6, 6.07) is -1.03. The van der Waals surface area contributed by atoms with Gasteiger partial charge in [0.2, 0.25) is 17.7 Å². The van der Waals surface area contributed by atoms with Crippen molar-refractivity contribution in [3.8, 4) is 0 Å². The number of likely N-dealkylation sites (N-methyl/N-ethyl adjacent to an activating group) is 1. The lowest BCUT2D eigenvalue weighted by Gasteiger charge is -2.34. The van der Waals surface area contributed by atoms with Gasteiger partial charge in [-0.2, -0.15) is 0 Å². The normalized spacial score (nSPS) is 31.5. The lowest BCUT2D eigenvalue weighted by Crippen LogP contribution is -2.61. The predicted octanol–water partition coefficient (Wildman–Crippen LogP) is -2.11. The Labute approximate surface area is 105 Å². The summed E-state index contributed by atoms with van der Waals surface area (Å²) < 4.78 is 0. The van der Waals surface area contributed by atoms with Gasteiger partial charge in [0.1, 0.15) is 12.1 Å². The van der Waals surface area contributed by atoms with Crippen molar-refractivity contribution in [2.24, 2.45) is 5.73 Å². The average Bonchev–Trinajstić information content (AvgIpc) is 2.70. The first-order chi connectivity index (χ1) is 8.40. The third kappa shape index (κ3) is 2.17. The number of fused-ring (bicyclic) bond motifs is 1. The molecule has 2 fully saturated rings.